The number of rotatable bonds is 8. The molecule has 0 aliphatic heterocycles. The maximum Gasteiger partial charge on any atom is 0.317 e. The number of ether oxygens (including phenoxy) is 2. The number of hydrogen-bond acceptors (Lipinski definition) is 6. The van der Waals surface area contributed by atoms with Gasteiger partial charge in [-0.15, -0.1) is 0 Å². The van der Waals surface area contributed by atoms with Crippen LogP contribution in [-0.2, 0) is 29.8 Å². The van der Waals surface area contributed by atoms with E-state index in [0.717, 1.165) is 22.7 Å². The summed E-state index contributed by atoms with van der Waals surface area (Å²) in [7, 11) is 0.556. The van der Waals surface area contributed by atoms with Crippen LogP contribution in [-0.4, -0.2) is 52.4 Å². The Hall–Kier alpha value is -2.91. The molecule has 0 saturated heterocycles. The van der Waals surface area contributed by atoms with E-state index in [2.05, 4.69) is 5.32 Å². The molecule has 0 aromatic heterocycles. The van der Waals surface area contributed by atoms with Gasteiger partial charge in [0.15, 0.2) is 6.61 Å². The van der Waals surface area contributed by atoms with Gasteiger partial charge in [0.2, 0.25) is 10.0 Å². The van der Waals surface area contributed by atoms with Crippen LogP contribution >= 0.6 is 0 Å². The van der Waals surface area contributed by atoms with Gasteiger partial charge in [-0.3, -0.25) is 9.59 Å². The molecule has 32 heavy (non-hydrogen) atoms. The summed E-state index contributed by atoms with van der Waals surface area (Å²) in [5.41, 5.74) is 0.333. The van der Waals surface area contributed by atoms with E-state index in [-0.39, 0.29) is 10.6 Å². The Bertz CT molecular complexity index is 1080. The maximum absolute atomic E-state index is 13.0. The van der Waals surface area contributed by atoms with Gasteiger partial charge in [-0.05, 0) is 36.6 Å². The molecule has 1 N–H and O–H groups in total. The molecule has 8 nitrogen and oxygen atoms in total. The van der Waals surface area contributed by atoms with Gasteiger partial charge < -0.3 is 14.8 Å². The van der Waals surface area contributed by atoms with Crippen molar-refractivity contribution in [2.45, 2.75) is 36.0 Å². The highest BCUT2D eigenvalue weighted by Gasteiger charge is 2.44. The Morgan fingerprint density at radius 3 is 2.31 bits per heavy atom. The number of amides is 1. The number of esters is 1. The maximum atomic E-state index is 13.0. The largest absolute Gasteiger partial charge is 0.495 e. The molecule has 0 heterocycles. The predicted molar refractivity (Wildman–Crippen MR) is 120 cm³/mol. The van der Waals surface area contributed by atoms with Gasteiger partial charge in [-0.1, -0.05) is 43.2 Å². The molecule has 1 aliphatic rings. The lowest BCUT2D eigenvalue weighted by Gasteiger charge is -2.27. The SMILES string of the molecule is COc1ccc(S(=O)(=O)N(C)C)cc1NC(=O)COC(=O)C1(c2ccccc2)CCCC1. The number of anilines is 1. The van der Waals surface area contributed by atoms with Crippen molar-refractivity contribution in [1.82, 2.24) is 4.31 Å². The molecular weight excluding hydrogens is 432 g/mol. The molecule has 3 rings (SSSR count). The van der Waals surface area contributed by atoms with Crippen molar-refractivity contribution in [3.63, 3.8) is 0 Å². The van der Waals surface area contributed by atoms with Gasteiger partial charge >= 0.3 is 5.97 Å². The molecule has 0 unspecified atom stereocenters. The predicted octanol–water partition coefficient (Wildman–Crippen LogP) is 2.94. The van der Waals surface area contributed by atoms with E-state index < -0.39 is 33.9 Å². The van der Waals surface area contributed by atoms with Gasteiger partial charge in [0.25, 0.3) is 5.91 Å². The van der Waals surface area contributed by atoms with Crippen molar-refractivity contribution in [3.05, 3.63) is 54.1 Å². The second-order valence-electron chi connectivity index (χ2n) is 7.93. The van der Waals surface area contributed by atoms with Crippen LogP contribution in [0.3, 0.4) is 0 Å². The number of benzene rings is 2. The van der Waals surface area contributed by atoms with E-state index in [9.17, 15) is 18.0 Å². The third-order valence-corrected chi connectivity index (χ3v) is 7.54. The van der Waals surface area contributed by atoms with Gasteiger partial charge in [0.05, 0.1) is 23.1 Å². The normalized spacial score (nSPS) is 15.4. The van der Waals surface area contributed by atoms with Crippen molar-refractivity contribution in [1.29, 1.82) is 0 Å². The molecule has 0 bridgehead atoms. The summed E-state index contributed by atoms with van der Waals surface area (Å²) in [4.78, 5) is 25.5. The van der Waals surface area contributed by atoms with Crippen molar-refractivity contribution >= 4 is 27.6 Å². The van der Waals surface area contributed by atoms with E-state index in [0.29, 0.717) is 18.6 Å². The molecule has 1 aliphatic carbocycles. The summed E-state index contributed by atoms with van der Waals surface area (Å²) in [5, 5.41) is 2.59. The van der Waals surface area contributed by atoms with Crippen LogP contribution in [0.4, 0.5) is 5.69 Å². The Kier molecular flexibility index (Phi) is 7.20. The molecule has 1 saturated carbocycles. The van der Waals surface area contributed by atoms with Crippen LogP contribution in [0.25, 0.3) is 0 Å². The first-order valence-corrected chi connectivity index (χ1v) is 11.8. The minimum absolute atomic E-state index is 0.00424. The number of nitrogens with zero attached hydrogens (tertiary/aromatic N) is 1. The van der Waals surface area contributed by atoms with Crippen LogP contribution in [0, 0.1) is 0 Å². The molecular formula is C23H28N2O6S. The van der Waals surface area contributed by atoms with Gasteiger partial charge in [-0.2, -0.15) is 0 Å². The fraction of sp³-hybridized carbons (Fsp3) is 0.391. The lowest BCUT2D eigenvalue weighted by molar-refractivity contribution is -0.153. The van der Waals surface area contributed by atoms with Crippen molar-refractivity contribution < 1.29 is 27.5 Å². The minimum Gasteiger partial charge on any atom is -0.495 e. The second-order valence-corrected chi connectivity index (χ2v) is 10.1. The minimum atomic E-state index is -3.69. The number of hydrogen-bond donors (Lipinski definition) is 1. The topological polar surface area (TPSA) is 102 Å². The zero-order valence-corrected chi connectivity index (χ0v) is 19.3. The molecule has 0 spiro atoms. The van der Waals surface area contributed by atoms with Crippen LogP contribution in [0.5, 0.6) is 5.75 Å². The molecule has 0 radical (unpaired) electrons. The average molecular weight is 461 g/mol. The van der Waals surface area contributed by atoms with Gasteiger partial charge in [-0.25, -0.2) is 12.7 Å². The van der Waals surface area contributed by atoms with Gasteiger partial charge in [0, 0.05) is 14.1 Å². The van der Waals surface area contributed by atoms with Crippen LogP contribution in [0.1, 0.15) is 31.2 Å². The fourth-order valence-corrected chi connectivity index (χ4v) is 4.89. The van der Waals surface area contributed by atoms with E-state index in [1.807, 2.05) is 30.3 Å². The zero-order chi connectivity index (χ0) is 23.4. The van der Waals surface area contributed by atoms with Crippen LogP contribution < -0.4 is 10.1 Å². The second kappa shape index (κ2) is 9.70. The summed E-state index contributed by atoms with van der Waals surface area (Å²) in [5.74, 6) is -0.719. The van der Waals surface area contributed by atoms with E-state index in [1.165, 1.54) is 39.4 Å². The summed E-state index contributed by atoms with van der Waals surface area (Å²) in [6.45, 7) is -0.485. The van der Waals surface area contributed by atoms with E-state index in [4.69, 9.17) is 9.47 Å². The summed E-state index contributed by atoms with van der Waals surface area (Å²) in [6, 6.07) is 13.7. The lowest BCUT2D eigenvalue weighted by atomic mass is 9.79. The van der Waals surface area contributed by atoms with Crippen LogP contribution in [0.2, 0.25) is 0 Å². The number of methoxy groups -OCH3 is 1. The third-order valence-electron chi connectivity index (χ3n) is 5.73. The molecule has 1 fully saturated rings. The number of nitrogens with one attached hydrogen (secondary N) is 1. The van der Waals surface area contributed by atoms with E-state index >= 15 is 0 Å². The smallest absolute Gasteiger partial charge is 0.317 e. The molecule has 9 heteroatoms. The first-order chi connectivity index (χ1) is 15.2. The average Bonchev–Trinajstić information content (AvgIpc) is 3.29. The zero-order valence-electron chi connectivity index (χ0n) is 18.5. The highest BCUT2D eigenvalue weighted by atomic mass is 32.2. The lowest BCUT2D eigenvalue weighted by Crippen LogP contribution is -2.36. The Balaban J connectivity index is 1.73. The summed E-state index contributed by atoms with van der Waals surface area (Å²) < 4.78 is 36.5. The Morgan fingerprint density at radius 1 is 1.06 bits per heavy atom. The third kappa shape index (κ3) is 4.78. The molecule has 2 aromatic rings. The number of carbonyl (C=O) groups excluding carboxylic acids is 2. The molecule has 1 amide bonds. The highest BCUT2D eigenvalue weighted by Crippen LogP contribution is 2.42. The first-order valence-electron chi connectivity index (χ1n) is 10.3. The monoisotopic (exact) mass is 460 g/mol. The Morgan fingerprint density at radius 2 is 1.72 bits per heavy atom. The van der Waals surface area contributed by atoms with Crippen LogP contribution in [0.15, 0.2) is 53.4 Å². The molecule has 172 valence electrons. The van der Waals surface area contributed by atoms with Gasteiger partial charge in [0.1, 0.15) is 5.75 Å². The highest BCUT2D eigenvalue weighted by molar-refractivity contribution is 7.89. The number of carbonyl (C=O) groups is 2. The Labute approximate surface area is 188 Å². The van der Waals surface area contributed by atoms with Crippen molar-refractivity contribution in [2.75, 3.05) is 33.1 Å². The number of sulfonamides is 1. The molecule has 0 atom stereocenters. The summed E-state index contributed by atoms with van der Waals surface area (Å²) in [6.07, 6.45) is 3.19. The first kappa shape index (κ1) is 23.7. The molecule has 2 aromatic carbocycles. The fourth-order valence-electron chi connectivity index (χ4n) is 3.96. The van der Waals surface area contributed by atoms with E-state index in [1.54, 1.807) is 0 Å². The van der Waals surface area contributed by atoms with Crippen molar-refractivity contribution in [3.8, 4) is 5.75 Å². The standard InChI is InChI=1S/C23H28N2O6S/c1-25(2)32(28,29)18-11-12-20(30-3)19(15-18)24-21(26)16-31-22(27)23(13-7-8-14-23)17-9-5-4-6-10-17/h4-6,9-12,15H,7-8,13-14,16H2,1-3H3,(H,24,26). The van der Waals surface area contributed by atoms with Crippen molar-refractivity contribution in [2.24, 2.45) is 0 Å². The summed E-state index contributed by atoms with van der Waals surface area (Å²) >= 11 is 0. The quantitative estimate of drug-likeness (QED) is 0.608.